The lowest BCUT2D eigenvalue weighted by Gasteiger charge is -1.95. The molecule has 0 amide bonds. The van der Waals surface area contributed by atoms with Gasteiger partial charge >= 0.3 is 0 Å². The number of aromatic nitrogens is 1. The molecule has 1 rings (SSSR count). The summed E-state index contributed by atoms with van der Waals surface area (Å²) in [4.78, 5) is 15.1. The predicted molar refractivity (Wildman–Crippen MR) is 54.8 cm³/mol. The minimum atomic E-state index is 0.181. The first kappa shape index (κ1) is 11.8. The molecule has 0 fully saturated rings. The van der Waals surface area contributed by atoms with Gasteiger partial charge < -0.3 is 0 Å². The Labute approximate surface area is 80.0 Å². The van der Waals surface area contributed by atoms with Crippen LogP contribution >= 0.6 is 0 Å². The molecule has 0 N–H and O–H groups in total. The Morgan fingerprint density at radius 2 is 2.15 bits per heavy atom. The second-order valence-corrected chi connectivity index (χ2v) is 2.41. The molecule has 0 radical (unpaired) electrons. The third-order valence-corrected chi connectivity index (χ3v) is 1.46. The molecule has 2 nitrogen and oxygen atoms in total. The van der Waals surface area contributed by atoms with Crippen LogP contribution in [0.2, 0.25) is 0 Å². The lowest BCUT2D eigenvalue weighted by molar-refractivity contribution is 0.0981. The van der Waals surface area contributed by atoms with Crippen LogP contribution in [0.1, 0.15) is 44.0 Å². The second-order valence-electron chi connectivity index (χ2n) is 2.41. The molecule has 1 aromatic rings. The average Bonchev–Trinajstić information content (AvgIpc) is 2.23. The van der Waals surface area contributed by atoms with Gasteiger partial charge in [-0.25, -0.2) is 0 Å². The molecular weight excluding hydrogens is 162 g/mol. The normalized spacial score (nSPS) is 8.54. The highest BCUT2D eigenvalue weighted by atomic mass is 16.1. The van der Waals surface area contributed by atoms with E-state index in [1.165, 1.54) is 0 Å². The maximum Gasteiger partial charge on any atom is 0.164 e. The lowest BCUT2D eigenvalue weighted by atomic mass is 10.1. The Kier molecular flexibility index (Phi) is 6.79. The molecule has 2 heteroatoms. The van der Waals surface area contributed by atoms with Gasteiger partial charge in [0.1, 0.15) is 0 Å². The van der Waals surface area contributed by atoms with Gasteiger partial charge in [-0.3, -0.25) is 9.78 Å². The van der Waals surface area contributed by atoms with Crippen LogP contribution in [0.3, 0.4) is 0 Å². The molecule has 0 aromatic carbocycles. The number of rotatable bonds is 3. The predicted octanol–water partition coefficient (Wildman–Crippen LogP) is 3.09. The van der Waals surface area contributed by atoms with Gasteiger partial charge in [-0.05, 0) is 18.6 Å². The largest absolute Gasteiger partial charge is 0.294 e. The molecular formula is C11H17NO. The van der Waals surface area contributed by atoms with E-state index < -0.39 is 0 Å². The molecule has 1 heterocycles. The molecule has 0 saturated heterocycles. The van der Waals surface area contributed by atoms with Crippen molar-refractivity contribution >= 4 is 5.78 Å². The Morgan fingerprint density at radius 1 is 1.46 bits per heavy atom. The van der Waals surface area contributed by atoms with E-state index in [9.17, 15) is 4.79 Å². The lowest BCUT2D eigenvalue weighted by Crippen LogP contribution is -1.97. The third kappa shape index (κ3) is 4.41. The van der Waals surface area contributed by atoms with Crippen molar-refractivity contribution in [1.29, 1.82) is 0 Å². The van der Waals surface area contributed by atoms with Crippen LogP contribution in [0.15, 0.2) is 24.5 Å². The summed E-state index contributed by atoms with van der Waals surface area (Å²) < 4.78 is 0. The van der Waals surface area contributed by atoms with E-state index in [4.69, 9.17) is 0 Å². The molecule has 13 heavy (non-hydrogen) atoms. The highest BCUT2D eigenvalue weighted by molar-refractivity contribution is 5.95. The Bertz CT molecular complexity index is 231. The first-order chi connectivity index (χ1) is 6.34. The number of hydrogen-bond acceptors (Lipinski definition) is 2. The van der Waals surface area contributed by atoms with Crippen LogP contribution in [0.5, 0.6) is 0 Å². The SMILES string of the molecule is CC.CCCC(=O)c1cccnc1. The standard InChI is InChI=1S/C9H11NO.C2H6/c1-2-4-9(11)8-5-3-6-10-7-8;1-2/h3,5-7H,2,4H2,1H3;1-2H3. The third-order valence-electron chi connectivity index (χ3n) is 1.46. The quantitative estimate of drug-likeness (QED) is 0.667. The van der Waals surface area contributed by atoms with E-state index in [-0.39, 0.29) is 5.78 Å². The number of ketones is 1. The van der Waals surface area contributed by atoms with Crippen LogP contribution in [0, 0.1) is 0 Å². The fourth-order valence-corrected chi connectivity index (χ4v) is 0.899. The van der Waals surface area contributed by atoms with Crippen LogP contribution in [-0.4, -0.2) is 10.8 Å². The number of Topliss-reactive ketones (excluding diaryl/α,β-unsaturated/α-hetero) is 1. The Balaban J connectivity index is 0.000000671. The van der Waals surface area contributed by atoms with E-state index >= 15 is 0 Å². The van der Waals surface area contributed by atoms with E-state index in [2.05, 4.69) is 4.98 Å². The highest BCUT2D eigenvalue weighted by Crippen LogP contribution is 2.02. The first-order valence-corrected chi connectivity index (χ1v) is 4.78. The van der Waals surface area contributed by atoms with Crippen LogP contribution in [0.25, 0.3) is 0 Å². The van der Waals surface area contributed by atoms with Gasteiger partial charge in [-0.15, -0.1) is 0 Å². The van der Waals surface area contributed by atoms with Crippen molar-refractivity contribution in [3.63, 3.8) is 0 Å². The molecule has 0 saturated carbocycles. The van der Waals surface area contributed by atoms with Crippen molar-refractivity contribution in [1.82, 2.24) is 4.98 Å². The Morgan fingerprint density at radius 3 is 2.62 bits per heavy atom. The minimum absolute atomic E-state index is 0.181. The van der Waals surface area contributed by atoms with Gasteiger partial charge in [-0.2, -0.15) is 0 Å². The number of pyridine rings is 1. The molecule has 0 spiro atoms. The van der Waals surface area contributed by atoms with E-state index in [0.717, 1.165) is 6.42 Å². The zero-order chi connectivity index (χ0) is 10.1. The summed E-state index contributed by atoms with van der Waals surface area (Å²) in [5.74, 6) is 0.181. The maximum absolute atomic E-state index is 11.2. The monoisotopic (exact) mass is 179 g/mol. The minimum Gasteiger partial charge on any atom is -0.294 e. The summed E-state index contributed by atoms with van der Waals surface area (Å²) in [6.45, 7) is 5.99. The summed E-state index contributed by atoms with van der Waals surface area (Å²) in [6, 6.07) is 3.58. The number of nitrogens with zero attached hydrogens (tertiary/aromatic N) is 1. The molecule has 72 valence electrons. The molecule has 0 bridgehead atoms. The average molecular weight is 179 g/mol. The molecule has 0 aliphatic rings. The van der Waals surface area contributed by atoms with Crippen molar-refractivity contribution in [2.24, 2.45) is 0 Å². The number of carbonyl (C=O) groups is 1. The summed E-state index contributed by atoms with van der Waals surface area (Å²) in [5.41, 5.74) is 0.717. The van der Waals surface area contributed by atoms with Gasteiger partial charge in [0, 0.05) is 24.4 Å². The summed E-state index contributed by atoms with van der Waals surface area (Å²) in [6.07, 6.45) is 4.79. The van der Waals surface area contributed by atoms with Gasteiger partial charge in [0.15, 0.2) is 5.78 Å². The van der Waals surface area contributed by atoms with E-state index in [0.29, 0.717) is 12.0 Å². The second kappa shape index (κ2) is 7.47. The summed E-state index contributed by atoms with van der Waals surface area (Å²) in [5, 5.41) is 0. The van der Waals surface area contributed by atoms with Crippen molar-refractivity contribution in [3.05, 3.63) is 30.1 Å². The number of hydrogen-bond donors (Lipinski definition) is 0. The van der Waals surface area contributed by atoms with Gasteiger partial charge in [0.2, 0.25) is 0 Å². The van der Waals surface area contributed by atoms with Crippen LogP contribution in [0.4, 0.5) is 0 Å². The molecule has 0 unspecified atom stereocenters. The molecule has 0 aliphatic carbocycles. The fraction of sp³-hybridized carbons (Fsp3) is 0.455. The van der Waals surface area contributed by atoms with Crippen LogP contribution < -0.4 is 0 Å². The van der Waals surface area contributed by atoms with Crippen molar-refractivity contribution in [3.8, 4) is 0 Å². The van der Waals surface area contributed by atoms with Crippen molar-refractivity contribution in [2.45, 2.75) is 33.6 Å². The summed E-state index contributed by atoms with van der Waals surface area (Å²) in [7, 11) is 0. The zero-order valence-corrected chi connectivity index (χ0v) is 8.58. The number of carbonyl (C=O) groups excluding carboxylic acids is 1. The Hall–Kier alpha value is -1.18. The zero-order valence-electron chi connectivity index (χ0n) is 8.58. The van der Waals surface area contributed by atoms with Crippen molar-refractivity contribution < 1.29 is 4.79 Å². The van der Waals surface area contributed by atoms with E-state index in [1.54, 1.807) is 24.5 Å². The van der Waals surface area contributed by atoms with Gasteiger partial charge in [0.05, 0.1) is 0 Å². The first-order valence-electron chi connectivity index (χ1n) is 4.78. The smallest absolute Gasteiger partial charge is 0.164 e. The van der Waals surface area contributed by atoms with Gasteiger partial charge in [0.25, 0.3) is 0 Å². The van der Waals surface area contributed by atoms with E-state index in [1.807, 2.05) is 20.8 Å². The fourth-order valence-electron chi connectivity index (χ4n) is 0.899. The molecule has 1 aromatic heterocycles. The summed E-state index contributed by atoms with van der Waals surface area (Å²) >= 11 is 0. The van der Waals surface area contributed by atoms with Gasteiger partial charge in [-0.1, -0.05) is 20.8 Å². The highest BCUT2D eigenvalue weighted by Gasteiger charge is 2.01. The maximum atomic E-state index is 11.2. The topological polar surface area (TPSA) is 30.0 Å². The van der Waals surface area contributed by atoms with Crippen molar-refractivity contribution in [2.75, 3.05) is 0 Å². The van der Waals surface area contributed by atoms with Crippen LogP contribution in [-0.2, 0) is 0 Å². The molecule has 0 aliphatic heterocycles. The molecule has 0 atom stereocenters.